The van der Waals surface area contributed by atoms with E-state index in [2.05, 4.69) is 0 Å². The van der Waals surface area contributed by atoms with Crippen LogP contribution < -0.4 is 0 Å². The number of carboxylic acid groups (broad SMARTS) is 1. The molecule has 2 aromatic rings. The molecule has 1 heterocycles. The summed E-state index contributed by atoms with van der Waals surface area (Å²) in [6, 6.07) is 2.96. The Morgan fingerprint density at radius 1 is 1.57 bits per heavy atom. The Balaban J connectivity index is 2.88. The van der Waals surface area contributed by atoms with Crippen molar-refractivity contribution in [1.82, 2.24) is 0 Å². The van der Waals surface area contributed by atoms with Crippen LogP contribution in [-0.2, 0) is 0 Å². The maximum atomic E-state index is 13.6. The third-order valence-electron chi connectivity index (χ3n) is 1.86. The van der Waals surface area contributed by atoms with Gasteiger partial charge in [-0.1, -0.05) is 0 Å². The minimum Gasteiger partial charge on any atom is -0.478 e. The number of fused-ring (bicyclic) bond motifs is 1. The quantitative estimate of drug-likeness (QED) is 0.818. The third-order valence-corrected chi connectivity index (χ3v) is 4.02. The first-order valence-electron chi connectivity index (χ1n) is 3.69. The van der Waals surface area contributed by atoms with Gasteiger partial charge in [0.25, 0.3) is 0 Å². The van der Waals surface area contributed by atoms with Gasteiger partial charge in [-0.05, 0) is 40.1 Å². The lowest BCUT2D eigenvalue weighted by molar-refractivity contribution is 0.0692. The lowest BCUT2D eigenvalue weighted by Crippen LogP contribution is -2.01. The zero-order chi connectivity index (χ0) is 10.3. The van der Waals surface area contributed by atoms with Crippen LogP contribution in [0, 0.1) is 9.39 Å². The standard InChI is InChI=1S/C9H4FIO2S/c10-7-4-1-2-14-8(4)6(11)3-5(7)9(12)13/h1-3H,(H,12,13). The summed E-state index contributed by atoms with van der Waals surface area (Å²) < 4.78 is 15.1. The van der Waals surface area contributed by atoms with Crippen LogP contribution in [0.25, 0.3) is 10.1 Å². The SMILES string of the molecule is O=C(O)c1cc(I)c2sccc2c1F. The van der Waals surface area contributed by atoms with Crippen molar-refractivity contribution < 1.29 is 14.3 Å². The topological polar surface area (TPSA) is 37.3 Å². The second-order valence-corrected chi connectivity index (χ2v) is 4.77. The number of rotatable bonds is 1. The Morgan fingerprint density at radius 2 is 2.29 bits per heavy atom. The van der Waals surface area contributed by atoms with E-state index in [-0.39, 0.29) is 5.56 Å². The van der Waals surface area contributed by atoms with Crippen molar-refractivity contribution in [3.8, 4) is 0 Å². The molecular formula is C9H4FIO2S. The highest BCUT2D eigenvalue weighted by molar-refractivity contribution is 14.1. The van der Waals surface area contributed by atoms with Gasteiger partial charge in [0, 0.05) is 8.96 Å². The first kappa shape index (κ1) is 9.85. The fourth-order valence-electron chi connectivity index (χ4n) is 1.22. The van der Waals surface area contributed by atoms with Gasteiger partial charge < -0.3 is 5.11 Å². The molecule has 14 heavy (non-hydrogen) atoms. The van der Waals surface area contributed by atoms with Crippen LogP contribution in [0.15, 0.2) is 17.5 Å². The largest absolute Gasteiger partial charge is 0.478 e. The predicted octanol–water partition coefficient (Wildman–Crippen LogP) is 3.34. The molecule has 0 aliphatic rings. The molecule has 0 unspecified atom stereocenters. The number of hydrogen-bond acceptors (Lipinski definition) is 2. The lowest BCUT2D eigenvalue weighted by atomic mass is 10.1. The molecular weight excluding hydrogens is 318 g/mol. The third kappa shape index (κ3) is 1.40. The van der Waals surface area contributed by atoms with E-state index in [4.69, 9.17) is 5.11 Å². The number of benzene rings is 1. The average Bonchev–Trinajstić information content (AvgIpc) is 2.59. The van der Waals surface area contributed by atoms with E-state index in [1.807, 2.05) is 22.6 Å². The maximum Gasteiger partial charge on any atom is 0.338 e. The summed E-state index contributed by atoms with van der Waals surface area (Å²) in [6.45, 7) is 0. The van der Waals surface area contributed by atoms with E-state index in [9.17, 15) is 9.18 Å². The number of halogens is 2. The summed E-state index contributed by atoms with van der Waals surface area (Å²) in [5.41, 5.74) is -0.264. The van der Waals surface area contributed by atoms with E-state index in [0.717, 1.165) is 8.27 Å². The summed E-state index contributed by atoms with van der Waals surface area (Å²) in [7, 11) is 0. The number of aromatic carboxylic acids is 1. The molecule has 0 bridgehead atoms. The molecule has 0 saturated heterocycles. The van der Waals surface area contributed by atoms with Crippen molar-refractivity contribution in [2.24, 2.45) is 0 Å². The Labute approximate surface area is 96.5 Å². The molecule has 72 valence electrons. The van der Waals surface area contributed by atoms with Crippen molar-refractivity contribution >= 4 is 50.0 Å². The van der Waals surface area contributed by atoms with Crippen LogP contribution in [0.1, 0.15) is 10.4 Å². The molecule has 1 aromatic carbocycles. The average molecular weight is 322 g/mol. The Kier molecular flexibility index (Phi) is 2.44. The van der Waals surface area contributed by atoms with Crippen LogP contribution in [0.4, 0.5) is 4.39 Å². The normalized spacial score (nSPS) is 10.7. The van der Waals surface area contributed by atoms with Gasteiger partial charge in [0.1, 0.15) is 5.82 Å². The summed E-state index contributed by atoms with van der Waals surface area (Å²) in [6.07, 6.45) is 0. The van der Waals surface area contributed by atoms with Gasteiger partial charge in [-0.25, -0.2) is 9.18 Å². The smallest absolute Gasteiger partial charge is 0.338 e. The number of hydrogen-bond donors (Lipinski definition) is 1. The predicted molar refractivity (Wildman–Crippen MR) is 61.5 cm³/mol. The van der Waals surface area contributed by atoms with E-state index in [0.29, 0.717) is 5.39 Å². The highest BCUT2D eigenvalue weighted by Crippen LogP contribution is 2.30. The van der Waals surface area contributed by atoms with Crippen molar-refractivity contribution in [1.29, 1.82) is 0 Å². The minimum absolute atomic E-state index is 0.264. The fraction of sp³-hybridized carbons (Fsp3) is 0. The number of thiophene rings is 1. The molecule has 5 heteroatoms. The first-order valence-corrected chi connectivity index (χ1v) is 5.65. The highest BCUT2D eigenvalue weighted by Gasteiger charge is 2.16. The molecule has 2 rings (SSSR count). The van der Waals surface area contributed by atoms with Crippen LogP contribution in [0.3, 0.4) is 0 Å². The molecule has 0 aliphatic heterocycles. The number of carboxylic acids is 1. The Bertz CT molecular complexity index is 521. The van der Waals surface area contributed by atoms with Gasteiger partial charge in [0.2, 0.25) is 0 Å². The molecule has 0 fully saturated rings. The molecule has 0 atom stereocenters. The van der Waals surface area contributed by atoms with E-state index in [1.54, 1.807) is 11.4 Å². The van der Waals surface area contributed by atoms with Crippen molar-refractivity contribution in [2.75, 3.05) is 0 Å². The zero-order valence-corrected chi connectivity index (χ0v) is 9.73. The maximum absolute atomic E-state index is 13.6. The van der Waals surface area contributed by atoms with E-state index in [1.165, 1.54) is 17.4 Å². The van der Waals surface area contributed by atoms with Crippen molar-refractivity contribution in [2.45, 2.75) is 0 Å². The van der Waals surface area contributed by atoms with E-state index >= 15 is 0 Å². The van der Waals surface area contributed by atoms with Gasteiger partial charge in [-0.15, -0.1) is 11.3 Å². The minimum atomic E-state index is -1.23. The monoisotopic (exact) mass is 322 g/mol. The van der Waals surface area contributed by atoms with Crippen LogP contribution in [0.2, 0.25) is 0 Å². The molecule has 0 spiro atoms. The van der Waals surface area contributed by atoms with Gasteiger partial charge in [0.15, 0.2) is 0 Å². The Morgan fingerprint density at radius 3 is 2.93 bits per heavy atom. The second-order valence-electron chi connectivity index (χ2n) is 2.69. The Hall–Kier alpha value is -0.690. The fourth-order valence-corrected chi connectivity index (χ4v) is 3.00. The second kappa shape index (κ2) is 3.47. The number of carbonyl (C=O) groups is 1. The van der Waals surface area contributed by atoms with Crippen LogP contribution in [-0.4, -0.2) is 11.1 Å². The summed E-state index contributed by atoms with van der Waals surface area (Å²) in [5.74, 6) is -1.87. The van der Waals surface area contributed by atoms with Crippen molar-refractivity contribution in [3.05, 3.63) is 32.5 Å². The van der Waals surface area contributed by atoms with Gasteiger partial charge in [-0.2, -0.15) is 0 Å². The summed E-state index contributed by atoms with van der Waals surface area (Å²) in [5, 5.41) is 10.9. The lowest BCUT2D eigenvalue weighted by Gasteiger charge is -2.00. The molecule has 2 nitrogen and oxygen atoms in total. The van der Waals surface area contributed by atoms with Crippen LogP contribution in [0.5, 0.6) is 0 Å². The van der Waals surface area contributed by atoms with Gasteiger partial charge >= 0.3 is 5.97 Å². The summed E-state index contributed by atoms with van der Waals surface area (Å²) in [4.78, 5) is 10.7. The van der Waals surface area contributed by atoms with Crippen molar-refractivity contribution in [3.63, 3.8) is 0 Å². The molecule has 1 aromatic heterocycles. The molecule has 1 N–H and O–H groups in total. The van der Waals surface area contributed by atoms with Gasteiger partial charge in [-0.3, -0.25) is 0 Å². The highest BCUT2D eigenvalue weighted by atomic mass is 127. The molecule has 0 aliphatic carbocycles. The molecule has 0 amide bonds. The van der Waals surface area contributed by atoms with Gasteiger partial charge in [0.05, 0.1) is 10.3 Å². The zero-order valence-electron chi connectivity index (χ0n) is 6.75. The molecule has 0 saturated carbocycles. The first-order chi connectivity index (χ1) is 6.61. The van der Waals surface area contributed by atoms with Crippen LogP contribution >= 0.6 is 33.9 Å². The molecule has 0 radical (unpaired) electrons. The van der Waals surface area contributed by atoms with E-state index < -0.39 is 11.8 Å². The summed E-state index contributed by atoms with van der Waals surface area (Å²) >= 11 is 3.42.